The first kappa shape index (κ1) is 23.8. The van der Waals surface area contributed by atoms with Gasteiger partial charge < -0.3 is 24.8 Å². The molecule has 1 aromatic carbocycles. The third-order valence-electron chi connectivity index (χ3n) is 3.75. The van der Waals surface area contributed by atoms with Gasteiger partial charge >= 0.3 is 0 Å². The predicted octanol–water partition coefficient (Wildman–Crippen LogP) is 3.05. The number of halogens is 1. The number of benzene rings is 1. The van der Waals surface area contributed by atoms with Crippen molar-refractivity contribution in [1.29, 1.82) is 0 Å². The van der Waals surface area contributed by atoms with E-state index < -0.39 is 6.10 Å². The molecule has 0 amide bonds. The highest BCUT2D eigenvalue weighted by atomic mass is 127. The zero-order chi connectivity index (χ0) is 17.9. The van der Waals surface area contributed by atoms with Crippen molar-refractivity contribution in [3.8, 4) is 11.5 Å². The van der Waals surface area contributed by atoms with Crippen LogP contribution in [0.1, 0.15) is 38.4 Å². The number of rotatable bonds is 9. The van der Waals surface area contributed by atoms with E-state index in [-0.39, 0.29) is 30.5 Å². The van der Waals surface area contributed by atoms with Gasteiger partial charge in [-0.25, -0.2) is 0 Å². The van der Waals surface area contributed by atoms with Crippen LogP contribution in [0.3, 0.4) is 0 Å². The molecule has 25 heavy (non-hydrogen) atoms. The van der Waals surface area contributed by atoms with Crippen LogP contribution in [0.5, 0.6) is 11.5 Å². The molecule has 0 aliphatic carbocycles. The molecule has 0 heterocycles. The van der Waals surface area contributed by atoms with Gasteiger partial charge in [-0.3, -0.25) is 4.99 Å². The van der Waals surface area contributed by atoms with Crippen molar-refractivity contribution in [3.63, 3.8) is 0 Å². The van der Waals surface area contributed by atoms with Gasteiger partial charge in [0.1, 0.15) is 0 Å². The number of hydrogen-bond donors (Lipinski definition) is 2. The highest BCUT2D eigenvalue weighted by Crippen LogP contribution is 2.30. The topological polar surface area (TPSA) is 66.3 Å². The van der Waals surface area contributed by atoms with Crippen LogP contribution < -0.4 is 14.8 Å². The predicted molar refractivity (Wildman–Crippen MR) is 113 cm³/mol. The molecule has 0 aliphatic heterocycles. The summed E-state index contributed by atoms with van der Waals surface area (Å²) in [7, 11) is 5.19. The largest absolute Gasteiger partial charge is 0.493 e. The summed E-state index contributed by atoms with van der Waals surface area (Å²) in [5.41, 5.74) is 0.753. The van der Waals surface area contributed by atoms with Crippen molar-refractivity contribution in [2.24, 2.45) is 4.99 Å². The van der Waals surface area contributed by atoms with E-state index in [1.807, 2.05) is 20.0 Å². The number of aliphatic hydroxyl groups is 1. The molecule has 0 saturated heterocycles. The number of guanidine groups is 1. The fraction of sp³-hybridized carbons (Fsp3) is 0.611. The number of unbranched alkanes of at least 4 members (excludes halogenated alkanes) is 1. The molecule has 0 aromatic heterocycles. The number of methoxy groups -OCH3 is 2. The monoisotopic (exact) mass is 465 g/mol. The van der Waals surface area contributed by atoms with Crippen LogP contribution in [0.15, 0.2) is 23.2 Å². The molecular formula is C18H32IN3O3. The Balaban J connectivity index is 0.00000576. The van der Waals surface area contributed by atoms with Crippen LogP contribution in [0.2, 0.25) is 0 Å². The molecule has 0 bridgehead atoms. The third kappa shape index (κ3) is 7.68. The van der Waals surface area contributed by atoms with Crippen molar-refractivity contribution < 1.29 is 14.6 Å². The zero-order valence-electron chi connectivity index (χ0n) is 15.9. The molecule has 144 valence electrons. The first-order valence-corrected chi connectivity index (χ1v) is 8.46. The molecule has 2 N–H and O–H groups in total. The van der Waals surface area contributed by atoms with E-state index in [0.717, 1.165) is 37.5 Å². The second-order valence-corrected chi connectivity index (χ2v) is 5.60. The summed E-state index contributed by atoms with van der Waals surface area (Å²) in [5, 5.41) is 13.7. The lowest BCUT2D eigenvalue weighted by molar-refractivity contribution is 0.186. The average molecular weight is 465 g/mol. The average Bonchev–Trinajstić information content (AvgIpc) is 2.62. The fourth-order valence-electron chi connectivity index (χ4n) is 2.31. The summed E-state index contributed by atoms with van der Waals surface area (Å²) < 4.78 is 10.5. The second-order valence-electron chi connectivity index (χ2n) is 5.60. The Morgan fingerprint density at radius 1 is 1.24 bits per heavy atom. The number of nitrogens with one attached hydrogen (secondary N) is 1. The maximum Gasteiger partial charge on any atom is 0.193 e. The molecule has 1 aromatic rings. The van der Waals surface area contributed by atoms with Gasteiger partial charge in [-0.1, -0.05) is 19.4 Å². The minimum Gasteiger partial charge on any atom is -0.493 e. The van der Waals surface area contributed by atoms with Gasteiger partial charge in [0.2, 0.25) is 0 Å². The highest BCUT2D eigenvalue weighted by molar-refractivity contribution is 14.0. The van der Waals surface area contributed by atoms with Gasteiger partial charge in [0.05, 0.1) is 26.9 Å². The smallest absolute Gasteiger partial charge is 0.193 e. The number of ether oxygens (including phenoxy) is 2. The van der Waals surface area contributed by atoms with Crippen molar-refractivity contribution in [2.45, 2.75) is 32.8 Å². The summed E-state index contributed by atoms with van der Waals surface area (Å²) in [5.74, 6) is 2.06. The number of hydrogen-bond acceptors (Lipinski definition) is 4. The van der Waals surface area contributed by atoms with Gasteiger partial charge in [-0.15, -0.1) is 24.0 Å². The van der Waals surface area contributed by atoms with E-state index in [4.69, 9.17) is 9.47 Å². The van der Waals surface area contributed by atoms with Gasteiger partial charge in [0, 0.05) is 20.1 Å². The number of nitrogens with zero attached hydrogens (tertiary/aromatic N) is 2. The van der Waals surface area contributed by atoms with Crippen LogP contribution in [-0.4, -0.2) is 56.9 Å². The molecule has 0 radical (unpaired) electrons. The first-order valence-electron chi connectivity index (χ1n) is 8.46. The Kier molecular flexibility index (Phi) is 12.4. The van der Waals surface area contributed by atoms with Crippen LogP contribution in [0, 0.1) is 0 Å². The third-order valence-corrected chi connectivity index (χ3v) is 3.75. The molecule has 7 heteroatoms. The van der Waals surface area contributed by atoms with E-state index in [2.05, 4.69) is 22.1 Å². The first-order chi connectivity index (χ1) is 11.6. The molecule has 1 rings (SSSR count). The van der Waals surface area contributed by atoms with Crippen molar-refractivity contribution in [1.82, 2.24) is 10.2 Å². The Labute approximate surface area is 168 Å². The lowest BCUT2D eigenvalue weighted by Gasteiger charge is -2.22. The van der Waals surface area contributed by atoms with Crippen molar-refractivity contribution in [3.05, 3.63) is 23.8 Å². The summed E-state index contributed by atoms with van der Waals surface area (Å²) in [6.45, 7) is 6.22. The Morgan fingerprint density at radius 2 is 1.92 bits per heavy atom. The van der Waals surface area contributed by atoms with E-state index in [1.165, 1.54) is 0 Å². The van der Waals surface area contributed by atoms with Gasteiger partial charge in [-0.05, 0) is 31.0 Å². The van der Waals surface area contributed by atoms with Gasteiger partial charge in [0.15, 0.2) is 17.5 Å². The maximum atomic E-state index is 10.4. The summed E-state index contributed by atoms with van der Waals surface area (Å²) in [6, 6.07) is 5.40. The molecule has 1 atom stereocenters. The Hall–Kier alpha value is -1.22. The minimum absolute atomic E-state index is 0. The number of aliphatic hydroxyl groups excluding tert-OH is 1. The Morgan fingerprint density at radius 3 is 2.48 bits per heavy atom. The molecule has 0 spiro atoms. The van der Waals surface area contributed by atoms with Crippen molar-refractivity contribution >= 4 is 29.9 Å². The van der Waals surface area contributed by atoms with Crippen LogP contribution in [0.25, 0.3) is 0 Å². The van der Waals surface area contributed by atoms with Crippen LogP contribution in [-0.2, 0) is 0 Å². The van der Waals surface area contributed by atoms with E-state index in [1.54, 1.807) is 26.4 Å². The lowest BCUT2D eigenvalue weighted by Crippen LogP contribution is -2.39. The standard InChI is InChI=1S/C18H31N3O3.HI/c1-6-8-11-21(3)18(19-7-2)20-13-15(22)14-9-10-16(23-4)17(12-14)24-5;/h9-10,12,15,22H,6-8,11,13H2,1-5H3,(H,19,20);1H. The molecule has 0 saturated carbocycles. The molecule has 1 unspecified atom stereocenters. The zero-order valence-corrected chi connectivity index (χ0v) is 18.2. The van der Waals surface area contributed by atoms with Crippen LogP contribution in [0.4, 0.5) is 0 Å². The summed E-state index contributed by atoms with van der Waals surface area (Å²) in [4.78, 5) is 6.64. The van der Waals surface area contributed by atoms with E-state index in [0.29, 0.717) is 11.5 Å². The molecule has 0 fully saturated rings. The number of aliphatic imine (C=N–C) groups is 1. The molecule has 0 aliphatic rings. The normalized spacial score (nSPS) is 12.2. The van der Waals surface area contributed by atoms with Crippen LogP contribution >= 0.6 is 24.0 Å². The SMILES string of the molecule is CCCCN(C)C(=NCC(O)c1ccc(OC)c(OC)c1)NCC.I. The van der Waals surface area contributed by atoms with Gasteiger partial charge in [-0.2, -0.15) is 0 Å². The summed E-state index contributed by atoms with van der Waals surface area (Å²) >= 11 is 0. The molecular weight excluding hydrogens is 433 g/mol. The van der Waals surface area contributed by atoms with E-state index >= 15 is 0 Å². The fourth-order valence-corrected chi connectivity index (χ4v) is 2.31. The quantitative estimate of drug-likeness (QED) is 0.334. The van der Waals surface area contributed by atoms with Gasteiger partial charge in [0.25, 0.3) is 0 Å². The molecule has 6 nitrogen and oxygen atoms in total. The van der Waals surface area contributed by atoms with Crippen molar-refractivity contribution in [2.75, 3.05) is 40.9 Å². The summed E-state index contributed by atoms with van der Waals surface area (Å²) in [6.07, 6.45) is 1.55. The lowest BCUT2D eigenvalue weighted by atomic mass is 10.1. The Bertz CT molecular complexity index is 526. The second kappa shape index (κ2) is 13.0. The minimum atomic E-state index is -0.696. The maximum absolute atomic E-state index is 10.4. The highest BCUT2D eigenvalue weighted by Gasteiger charge is 2.12. The van der Waals surface area contributed by atoms with E-state index in [9.17, 15) is 5.11 Å².